The van der Waals surface area contributed by atoms with Crippen molar-refractivity contribution in [3.8, 4) is 0 Å². The van der Waals surface area contributed by atoms with Crippen molar-refractivity contribution in [2.24, 2.45) is 10.8 Å². The van der Waals surface area contributed by atoms with Gasteiger partial charge < -0.3 is 11.5 Å². The van der Waals surface area contributed by atoms with Gasteiger partial charge in [-0.05, 0) is 30.5 Å². The number of hydrogen-bond acceptors (Lipinski definition) is 6. The highest BCUT2D eigenvalue weighted by atomic mass is 32.1. The number of aromatic nitrogens is 1. The maximum Gasteiger partial charge on any atom is 0.251 e. The van der Waals surface area contributed by atoms with Crippen LogP contribution in [0.2, 0.25) is 0 Å². The molecule has 2 aliphatic rings. The lowest BCUT2D eigenvalue weighted by atomic mass is 9.86. The number of nitrogens with two attached hydrogens (primary N) is 2. The second-order valence-corrected chi connectivity index (χ2v) is 6.55. The van der Waals surface area contributed by atoms with Gasteiger partial charge in [-0.25, -0.2) is 9.99 Å². The van der Waals surface area contributed by atoms with Crippen LogP contribution in [0, 0.1) is 0 Å². The summed E-state index contributed by atoms with van der Waals surface area (Å²) in [7, 11) is 0. The van der Waals surface area contributed by atoms with Crippen LogP contribution in [0.5, 0.6) is 0 Å². The smallest absolute Gasteiger partial charge is 0.251 e. The van der Waals surface area contributed by atoms with Gasteiger partial charge in [0.15, 0.2) is 0 Å². The lowest BCUT2D eigenvalue weighted by Gasteiger charge is -2.19. The second kappa shape index (κ2) is 4.81. The summed E-state index contributed by atoms with van der Waals surface area (Å²) in [5.74, 6) is 0.590. The van der Waals surface area contributed by atoms with Crippen LogP contribution in [0.1, 0.15) is 33.1 Å². The molecule has 22 heavy (non-hydrogen) atoms. The molecule has 6 nitrogen and oxygen atoms in total. The van der Waals surface area contributed by atoms with E-state index in [9.17, 15) is 4.79 Å². The number of amides is 1. The molecule has 1 amide bonds. The molecule has 0 fully saturated rings. The quantitative estimate of drug-likeness (QED) is 0.882. The van der Waals surface area contributed by atoms with Gasteiger partial charge in [0.2, 0.25) is 0 Å². The number of carbonyl (C=O) groups excluding carboxylic acids is 1. The Kier molecular flexibility index (Phi) is 2.90. The highest BCUT2D eigenvalue weighted by molar-refractivity contribution is 7.16. The van der Waals surface area contributed by atoms with Gasteiger partial charge in [-0.15, -0.1) is 11.3 Å². The first-order valence-corrected chi connectivity index (χ1v) is 7.93. The van der Waals surface area contributed by atoms with Gasteiger partial charge in [-0.1, -0.05) is 6.07 Å². The molecule has 1 aliphatic heterocycles. The molecule has 2 aromatic rings. The van der Waals surface area contributed by atoms with Crippen LogP contribution >= 0.6 is 11.3 Å². The normalized spacial score (nSPS) is 19.5. The minimum Gasteiger partial charge on any atom is -0.390 e. The fourth-order valence-corrected chi connectivity index (χ4v) is 4.45. The maximum atomic E-state index is 11.6. The average molecular weight is 313 g/mol. The van der Waals surface area contributed by atoms with Crippen molar-refractivity contribution in [1.29, 1.82) is 0 Å². The molecule has 0 saturated carbocycles. The van der Waals surface area contributed by atoms with E-state index in [1.165, 1.54) is 11.3 Å². The van der Waals surface area contributed by atoms with E-state index in [1.807, 2.05) is 23.2 Å². The highest BCUT2D eigenvalue weighted by Crippen LogP contribution is 2.43. The number of primary amides is 1. The number of rotatable bonds is 2. The van der Waals surface area contributed by atoms with Crippen molar-refractivity contribution >= 4 is 33.8 Å². The topological polar surface area (TPSA) is 97.6 Å². The average Bonchev–Trinajstić information content (AvgIpc) is 3.07. The van der Waals surface area contributed by atoms with Gasteiger partial charge >= 0.3 is 0 Å². The summed E-state index contributed by atoms with van der Waals surface area (Å²) in [6.45, 7) is 0.734. The summed E-state index contributed by atoms with van der Waals surface area (Å²) in [5.41, 5.74) is 14.1. The van der Waals surface area contributed by atoms with Crippen molar-refractivity contribution in [2.45, 2.75) is 18.8 Å². The van der Waals surface area contributed by atoms with E-state index < -0.39 is 5.91 Å². The Balaban J connectivity index is 1.72. The second-order valence-electron chi connectivity index (χ2n) is 5.46. The molecule has 4 rings (SSSR count). The van der Waals surface area contributed by atoms with Crippen LogP contribution in [-0.2, 0) is 6.42 Å². The molecule has 0 spiro atoms. The van der Waals surface area contributed by atoms with E-state index in [4.69, 9.17) is 16.6 Å². The molecule has 0 radical (unpaired) electrons. The summed E-state index contributed by atoms with van der Waals surface area (Å²) in [5, 5.41) is 7.15. The summed E-state index contributed by atoms with van der Waals surface area (Å²) in [4.78, 5) is 17.1. The molecular formula is C15H15N5OS. The molecule has 2 aromatic heterocycles. The SMILES string of the molecule is NC(=O)c1c(N)sc2c1CCC1=NN(c3ccccn3)CC12. The predicted molar refractivity (Wildman–Crippen MR) is 87.3 cm³/mol. The van der Waals surface area contributed by atoms with Gasteiger partial charge in [0.1, 0.15) is 5.82 Å². The third kappa shape index (κ3) is 1.89. The molecule has 1 atom stereocenters. The number of thiophene rings is 1. The van der Waals surface area contributed by atoms with Crippen molar-refractivity contribution in [3.05, 3.63) is 40.4 Å². The van der Waals surface area contributed by atoms with Crippen LogP contribution in [-0.4, -0.2) is 23.1 Å². The molecule has 7 heteroatoms. The molecule has 1 unspecified atom stereocenters. The molecule has 1 aliphatic carbocycles. The Labute approximate surface area is 131 Å². The molecule has 4 N–H and O–H groups in total. The first-order chi connectivity index (χ1) is 10.6. The van der Waals surface area contributed by atoms with Gasteiger partial charge in [0.25, 0.3) is 5.91 Å². The van der Waals surface area contributed by atoms with E-state index in [-0.39, 0.29) is 5.92 Å². The summed E-state index contributed by atoms with van der Waals surface area (Å²) in [6, 6.07) is 5.78. The predicted octanol–water partition coefficient (Wildman–Crippen LogP) is 1.73. The van der Waals surface area contributed by atoms with E-state index in [2.05, 4.69) is 4.98 Å². The number of nitrogens with zero attached hydrogens (tertiary/aromatic N) is 3. The van der Waals surface area contributed by atoms with Crippen LogP contribution in [0.25, 0.3) is 0 Å². The fraction of sp³-hybridized carbons (Fsp3) is 0.267. The van der Waals surface area contributed by atoms with Crippen LogP contribution in [0.3, 0.4) is 0 Å². The van der Waals surface area contributed by atoms with Crippen molar-refractivity contribution in [3.63, 3.8) is 0 Å². The molecular weight excluding hydrogens is 298 g/mol. The van der Waals surface area contributed by atoms with Gasteiger partial charge in [0, 0.05) is 16.8 Å². The number of hydrazone groups is 1. The number of carbonyl (C=O) groups is 1. The molecule has 0 aromatic carbocycles. The number of pyridine rings is 1. The molecule has 0 saturated heterocycles. The van der Waals surface area contributed by atoms with Crippen LogP contribution < -0.4 is 16.5 Å². The fourth-order valence-electron chi connectivity index (χ4n) is 3.21. The van der Waals surface area contributed by atoms with E-state index in [1.54, 1.807) is 6.20 Å². The van der Waals surface area contributed by atoms with Crippen LogP contribution in [0.4, 0.5) is 10.8 Å². The lowest BCUT2D eigenvalue weighted by molar-refractivity contribution is 0.100. The van der Waals surface area contributed by atoms with Gasteiger partial charge in [0.05, 0.1) is 23.0 Å². The third-order valence-corrected chi connectivity index (χ3v) is 5.36. The highest BCUT2D eigenvalue weighted by Gasteiger charge is 2.37. The summed E-state index contributed by atoms with van der Waals surface area (Å²) < 4.78 is 0. The minimum atomic E-state index is -0.435. The van der Waals surface area contributed by atoms with Crippen molar-refractivity contribution < 1.29 is 4.79 Å². The Morgan fingerprint density at radius 1 is 1.36 bits per heavy atom. The largest absolute Gasteiger partial charge is 0.390 e. The minimum absolute atomic E-state index is 0.186. The zero-order chi connectivity index (χ0) is 15.3. The van der Waals surface area contributed by atoms with Gasteiger partial charge in [-0.3, -0.25) is 4.79 Å². The first-order valence-electron chi connectivity index (χ1n) is 7.12. The number of fused-ring (bicyclic) bond motifs is 3. The first kappa shape index (κ1) is 13.3. The van der Waals surface area contributed by atoms with Crippen LogP contribution in [0.15, 0.2) is 29.5 Å². The number of nitrogen functional groups attached to an aromatic ring is 1. The Morgan fingerprint density at radius 2 is 2.23 bits per heavy atom. The zero-order valence-corrected chi connectivity index (χ0v) is 12.6. The van der Waals surface area contributed by atoms with Gasteiger partial charge in [-0.2, -0.15) is 5.10 Å². The van der Waals surface area contributed by atoms with E-state index in [0.29, 0.717) is 10.6 Å². The summed E-state index contributed by atoms with van der Waals surface area (Å²) in [6.07, 6.45) is 3.36. The zero-order valence-electron chi connectivity index (χ0n) is 11.8. The Hall–Kier alpha value is -2.41. The molecule has 0 bridgehead atoms. The molecule has 112 valence electrons. The Bertz CT molecular complexity index is 783. The number of hydrogen-bond donors (Lipinski definition) is 2. The molecule has 3 heterocycles. The third-order valence-electron chi connectivity index (χ3n) is 4.18. The number of anilines is 2. The standard InChI is InChI=1S/C15H15N5OS/c16-14(21)12-8-4-5-10-9(13(8)22-15(12)17)7-20(19-10)11-3-1-2-6-18-11/h1-3,6,9H,4-5,7,17H2,(H2,16,21). The van der Waals surface area contributed by atoms with Crippen molar-refractivity contribution in [1.82, 2.24) is 4.98 Å². The van der Waals surface area contributed by atoms with E-state index >= 15 is 0 Å². The van der Waals surface area contributed by atoms with E-state index in [0.717, 1.165) is 41.4 Å². The van der Waals surface area contributed by atoms with Crippen molar-refractivity contribution in [2.75, 3.05) is 17.3 Å². The Morgan fingerprint density at radius 3 is 2.95 bits per heavy atom. The monoisotopic (exact) mass is 313 g/mol. The summed E-state index contributed by atoms with van der Waals surface area (Å²) >= 11 is 1.47. The lowest BCUT2D eigenvalue weighted by Crippen LogP contribution is -2.23. The maximum absolute atomic E-state index is 11.6.